The van der Waals surface area contributed by atoms with Gasteiger partial charge in [0.05, 0.1) is 12.8 Å². The van der Waals surface area contributed by atoms with E-state index in [9.17, 15) is 9.36 Å². The highest BCUT2D eigenvalue weighted by Gasteiger charge is 2.31. The summed E-state index contributed by atoms with van der Waals surface area (Å²) in [7, 11) is -3.25. The van der Waals surface area contributed by atoms with Gasteiger partial charge in [0.1, 0.15) is 11.8 Å². The summed E-state index contributed by atoms with van der Waals surface area (Å²) in [5.74, 6) is 0.718. The first-order valence-electron chi connectivity index (χ1n) is 7.29. The van der Waals surface area contributed by atoms with E-state index in [0.717, 1.165) is 0 Å². The molecule has 1 aromatic rings. The number of rotatable bonds is 9. The fourth-order valence-corrected chi connectivity index (χ4v) is 4.52. The second-order valence-corrected chi connectivity index (χ2v) is 7.67. The van der Waals surface area contributed by atoms with E-state index in [0.29, 0.717) is 11.5 Å². The van der Waals surface area contributed by atoms with E-state index in [1.54, 1.807) is 38.1 Å². The van der Waals surface area contributed by atoms with Crippen LogP contribution >= 0.6 is 20.1 Å². The summed E-state index contributed by atoms with van der Waals surface area (Å²) in [4.78, 5) is 11.8. The molecule has 0 aromatic heterocycles. The third-order valence-electron chi connectivity index (χ3n) is 2.89. The largest absolute Gasteiger partial charge is 0.465 e. The first-order valence-corrected chi connectivity index (χ1v) is 9.73. The lowest BCUT2D eigenvalue weighted by atomic mass is 10.3. The van der Waals surface area contributed by atoms with E-state index in [2.05, 4.69) is 17.7 Å². The highest BCUT2D eigenvalue weighted by molar-refractivity contribution is 7.80. The maximum absolute atomic E-state index is 13.1. The number of carbonyl (C=O) groups is 1. The molecule has 0 radical (unpaired) electrons. The van der Waals surface area contributed by atoms with Gasteiger partial charge in [-0.3, -0.25) is 9.36 Å². The summed E-state index contributed by atoms with van der Waals surface area (Å²) in [5, 5.41) is 2.82. The van der Waals surface area contributed by atoms with E-state index in [1.807, 2.05) is 13.0 Å². The molecule has 0 saturated heterocycles. The van der Waals surface area contributed by atoms with Crippen LogP contribution in [0.5, 0.6) is 5.75 Å². The monoisotopic (exact) mass is 345 g/mol. The zero-order chi connectivity index (χ0) is 16.6. The smallest absolute Gasteiger partial charge is 0.323 e. The number of esters is 1. The Morgan fingerprint density at radius 2 is 1.95 bits per heavy atom. The standard InChI is InChI=1S/C15H24NO4PS/c1-4-19-15(17)13(3)16-21(18,10-12(2)11-22)20-14-8-6-5-7-9-14/h5-9,12-13,22H,4,10-11H2,1-3H3,(H,16,18). The Morgan fingerprint density at radius 1 is 1.32 bits per heavy atom. The van der Waals surface area contributed by atoms with Gasteiger partial charge in [0, 0.05) is 0 Å². The van der Waals surface area contributed by atoms with Gasteiger partial charge in [-0.1, -0.05) is 25.1 Å². The van der Waals surface area contributed by atoms with E-state index in [1.165, 1.54) is 0 Å². The van der Waals surface area contributed by atoms with Crippen molar-refractivity contribution >= 4 is 26.1 Å². The molecular formula is C15H24NO4PS. The predicted octanol–water partition coefficient (Wildman–Crippen LogP) is 3.37. The number of hydrogen-bond acceptors (Lipinski definition) is 5. The summed E-state index contributed by atoms with van der Waals surface area (Å²) in [6, 6.07) is 8.21. The molecule has 3 unspecified atom stereocenters. The highest BCUT2D eigenvalue weighted by atomic mass is 32.1. The molecule has 1 aromatic carbocycles. The minimum Gasteiger partial charge on any atom is -0.465 e. The van der Waals surface area contributed by atoms with Crippen molar-refractivity contribution in [3.05, 3.63) is 30.3 Å². The van der Waals surface area contributed by atoms with Crippen LogP contribution < -0.4 is 9.61 Å². The molecule has 124 valence electrons. The van der Waals surface area contributed by atoms with Gasteiger partial charge < -0.3 is 9.26 Å². The lowest BCUT2D eigenvalue weighted by Crippen LogP contribution is -2.36. The number of thiol groups is 1. The molecule has 0 aliphatic rings. The Morgan fingerprint density at radius 3 is 2.50 bits per heavy atom. The van der Waals surface area contributed by atoms with Gasteiger partial charge in [-0.2, -0.15) is 12.6 Å². The number of para-hydroxylation sites is 1. The molecule has 0 aliphatic carbocycles. The minimum absolute atomic E-state index is 0.0831. The third-order valence-corrected chi connectivity index (χ3v) is 5.90. The van der Waals surface area contributed by atoms with Crippen LogP contribution in [0.4, 0.5) is 0 Å². The summed E-state index contributed by atoms with van der Waals surface area (Å²) >= 11 is 4.22. The first-order chi connectivity index (χ1) is 10.4. The van der Waals surface area contributed by atoms with Crippen LogP contribution in [0.3, 0.4) is 0 Å². The van der Waals surface area contributed by atoms with Crippen LogP contribution in [0.2, 0.25) is 0 Å². The SMILES string of the molecule is CCOC(=O)C(C)NP(=O)(CC(C)CS)Oc1ccccc1. The molecule has 0 saturated carbocycles. The Hall–Kier alpha value is -0.970. The number of nitrogens with one attached hydrogen (secondary N) is 1. The lowest BCUT2D eigenvalue weighted by Gasteiger charge is -2.25. The fraction of sp³-hybridized carbons (Fsp3) is 0.533. The van der Waals surface area contributed by atoms with Crippen LogP contribution in [0.15, 0.2) is 30.3 Å². The molecule has 0 fully saturated rings. The number of carbonyl (C=O) groups excluding carboxylic acids is 1. The minimum atomic E-state index is -3.25. The van der Waals surface area contributed by atoms with Crippen LogP contribution in [0.25, 0.3) is 0 Å². The zero-order valence-electron chi connectivity index (χ0n) is 13.2. The number of ether oxygens (including phenoxy) is 1. The second-order valence-electron chi connectivity index (χ2n) is 5.15. The molecular weight excluding hydrogens is 321 g/mol. The van der Waals surface area contributed by atoms with Crippen LogP contribution in [0, 0.1) is 5.92 Å². The average Bonchev–Trinajstić information content (AvgIpc) is 2.47. The van der Waals surface area contributed by atoms with Gasteiger partial charge in [0.2, 0.25) is 0 Å². The Bertz CT molecular complexity index is 512. The lowest BCUT2D eigenvalue weighted by molar-refractivity contribution is -0.144. The molecule has 0 heterocycles. The van der Waals surface area contributed by atoms with Gasteiger partial charge in [-0.05, 0) is 37.7 Å². The Labute approximate surface area is 137 Å². The first kappa shape index (κ1) is 19.1. The average molecular weight is 345 g/mol. The van der Waals surface area contributed by atoms with Crippen LogP contribution in [-0.4, -0.2) is 30.5 Å². The van der Waals surface area contributed by atoms with Crippen molar-refractivity contribution in [1.82, 2.24) is 5.09 Å². The van der Waals surface area contributed by atoms with Crippen molar-refractivity contribution in [2.75, 3.05) is 18.5 Å². The summed E-state index contributed by atoms with van der Waals surface area (Å²) < 4.78 is 23.7. The van der Waals surface area contributed by atoms with Crippen molar-refractivity contribution in [2.24, 2.45) is 5.92 Å². The van der Waals surface area contributed by atoms with Crippen molar-refractivity contribution < 1.29 is 18.6 Å². The van der Waals surface area contributed by atoms with E-state index < -0.39 is 19.5 Å². The van der Waals surface area contributed by atoms with E-state index in [-0.39, 0.29) is 18.7 Å². The molecule has 0 spiro atoms. The van der Waals surface area contributed by atoms with Gasteiger partial charge in [0.15, 0.2) is 0 Å². The quantitative estimate of drug-likeness (QED) is 0.408. The number of hydrogen-bond donors (Lipinski definition) is 2. The fourth-order valence-electron chi connectivity index (χ4n) is 1.85. The maximum atomic E-state index is 13.1. The molecule has 3 atom stereocenters. The number of benzene rings is 1. The molecule has 22 heavy (non-hydrogen) atoms. The molecule has 0 amide bonds. The maximum Gasteiger partial charge on any atom is 0.323 e. The normalized spacial score (nSPS) is 16.4. The molecule has 5 nitrogen and oxygen atoms in total. The second kappa shape index (κ2) is 9.23. The van der Waals surface area contributed by atoms with Gasteiger partial charge in [-0.25, -0.2) is 5.09 Å². The van der Waals surface area contributed by atoms with Gasteiger partial charge in [0.25, 0.3) is 0 Å². The molecule has 0 aliphatic heterocycles. The van der Waals surface area contributed by atoms with Crippen molar-refractivity contribution in [2.45, 2.75) is 26.8 Å². The van der Waals surface area contributed by atoms with Gasteiger partial charge >= 0.3 is 13.5 Å². The topological polar surface area (TPSA) is 64.6 Å². The summed E-state index contributed by atoms with van der Waals surface area (Å²) in [6.45, 7) is 5.56. The van der Waals surface area contributed by atoms with E-state index >= 15 is 0 Å². The van der Waals surface area contributed by atoms with Crippen molar-refractivity contribution in [3.63, 3.8) is 0 Å². The molecule has 7 heteroatoms. The summed E-state index contributed by atoms with van der Waals surface area (Å²) in [6.07, 6.45) is 0.287. The van der Waals surface area contributed by atoms with Gasteiger partial charge in [-0.15, -0.1) is 0 Å². The Balaban J connectivity index is 2.86. The molecule has 1 N–H and O–H groups in total. The highest BCUT2D eigenvalue weighted by Crippen LogP contribution is 2.45. The van der Waals surface area contributed by atoms with Crippen molar-refractivity contribution in [3.8, 4) is 5.75 Å². The third kappa shape index (κ3) is 6.42. The summed E-state index contributed by atoms with van der Waals surface area (Å²) in [5.41, 5.74) is 0. The van der Waals surface area contributed by atoms with E-state index in [4.69, 9.17) is 9.26 Å². The molecule has 0 bridgehead atoms. The van der Waals surface area contributed by atoms with Crippen LogP contribution in [0.1, 0.15) is 20.8 Å². The van der Waals surface area contributed by atoms with Crippen LogP contribution in [-0.2, 0) is 14.1 Å². The molecule has 1 rings (SSSR count). The zero-order valence-corrected chi connectivity index (χ0v) is 15.0. The van der Waals surface area contributed by atoms with Crippen molar-refractivity contribution in [1.29, 1.82) is 0 Å². The Kier molecular flexibility index (Phi) is 8.01. The predicted molar refractivity (Wildman–Crippen MR) is 91.8 cm³/mol.